The molecule has 0 saturated carbocycles. The Bertz CT molecular complexity index is 380. The van der Waals surface area contributed by atoms with E-state index in [-0.39, 0.29) is 11.6 Å². The molecule has 0 radical (unpaired) electrons. The van der Waals surface area contributed by atoms with E-state index in [0.717, 1.165) is 5.56 Å². The fourth-order valence-corrected chi connectivity index (χ4v) is 2.15. The summed E-state index contributed by atoms with van der Waals surface area (Å²) in [6, 6.07) is 6.05. The van der Waals surface area contributed by atoms with Gasteiger partial charge in [-0.05, 0) is 37.5 Å². The zero-order chi connectivity index (χ0) is 13.6. The van der Waals surface area contributed by atoms with Crippen LogP contribution in [0, 0.1) is 5.82 Å². The molecule has 0 fully saturated rings. The van der Waals surface area contributed by atoms with Crippen LogP contribution in [0.5, 0.6) is 0 Å². The van der Waals surface area contributed by atoms with Crippen molar-refractivity contribution in [2.75, 3.05) is 6.61 Å². The van der Waals surface area contributed by atoms with Crippen molar-refractivity contribution in [1.29, 1.82) is 0 Å². The van der Waals surface area contributed by atoms with Crippen molar-refractivity contribution in [3.05, 3.63) is 35.6 Å². The number of benzene rings is 1. The zero-order valence-electron chi connectivity index (χ0n) is 11.3. The van der Waals surface area contributed by atoms with Crippen LogP contribution in [-0.4, -0.2) is 18.0 Å². The minimum atomic E-state index is -0.691. The minimum Gasteiger partial charge on any atom is -0.368 e. The molecule has 0 aliphatic carbocycles. The Morgan fingerprint density at radius 1 is 1.17 bits per heavy atom. The summed E-state index contributed by atoms with van der Waals surface area (Å²) >= 11 is 0. The first kappa shape index (κ1) is 14.8. The van der Waals surface area contributed by atoms with Crippen LogP contribution >= 0.6 is 0 Å². The first-order chi connectivity index (χ1) is 8.57. The lowest BCUT2D eigenvalue weighted by Crippen LogP contribution is -2.41. The maximum absolute atomic E-state index is 12.8. The van der Waals surface area contributed by atoms with Crippen molar-refractivity contribution in [2.24, 2.45) is 0 Å². The van der Waals surface area contributed by atoms with Crippen molar-refractivity contribution in [1.82, 2.24) is 0 Å². The summed E-state index contributed by atoms with van der Waals surface area (Å²) in [5, 5.41) is 0. The van der Waals surface area contributed by atoms with E-state index < -0.39 is 5.60 Å². The SMILES string of the molecule is CCOC(CC)(CC)C(=O)Cc1ccc(F)cc1. The van der Waals surface area contributed by atoms with Crippen LogP contribution in [0.15, 0.2) is 24.3 Å². The Hall–Kier alpha value is -1.22. The Morgan fingerprint density at radius 2 is 1.72 bits per heavy atom. The van der Waals surface area contributed by atoms with E-state index in [4.69, 9.17) is 4.74 Å². The van der Waals surface area contributed by atoms with E-state index in [1.807, 2.05) is 20.8 Å². The molecular formula is C15H21FO2. The van der Waals surface area contributed by atoms with E-state index >= 15 is 0 Å². The van der Waals surface area contributed by atoms with Gasteiger partial charge in [-0.3, -0.25) is 4.79 Å². The number of rotatable bonds is 7. The van der Waals surface area contributed by atoms with Gasteiger partial charge in [0.15, 0.2) is 5.78 Å². The average Bonchev–Trinajstić information content (AvgIpc) is 2.38. The highest BCUT2D eigenvalue weighted by atomic mass is 19.1. The first-order valence-electron chi connectivity index (χ1n) is 6.49. The number of hydrogen-bond donors (Lipinski definition) is 0. The molecular weight excluding hydrogens is 231 g/mol. The number of hydrogen-bond acceptors (Lipinski definition) is 2. The maximum Gasteiger partial charge on any atom is 0.168 e. The third-order valence-electron chi connectivity index (χ3n) is 3.35. The number of Topliss-reactive ketones (excluding diaryl/α,β-unsaturated/α-hetero) is 1. The van der Waals surface area contributed by atoms with Crippen LogP contribution < -0.4 is 0 Å². The summed E-state index contributed by atoms with van der Waals surface area (Å²) in [7, 11) is 0. The lowest BCUT2D eigenvalue weighted by Gasteiger charge is -2.30. The number of ketones is 1. The molecule has 0 spiro atoms. The topological polar surface area (TPSA) is 26.3 Å². The summed E-state index contributed by atoms with van der Waals surface area (Å²) in [5.41, 5.74) is 0.135. The molecule has 0 saturated heterocycles. The quantitative estimate of drug-likeness (QED) is 0.742. The zero-order valence-corrected chi connectivity index (χ0v) is 11.3. The molecule has 18 heavy (non-hydrogen) atoms. The monoisotopic (exact) mass is 252 g/mol. The fourth-order valence-electron chi connectivity index (χ4n) is 2.15. The highest BCUT2D eigenvalue weighted by molar-refractivity contribution is 5.89. The number of ether oxygens (including phenoxy) is 1. The molecule has 0 unspecified atom stereocenters. The normalized spacial score (nSPS) is 11.6. The van der Waals surface area contributed by atoms with Crippen LogP contribution in [0.4, 0.5) is 4.39 Å². The molecule has 1 rings (SSSR count). The molecule has 0 N–H and O–H groups in total. The molecule has 2 nitrogen and oxygen atoms in total. The van der Waals surface area contributed by atoms with E-state index in [2.05, 4.69) is 0 Å². The average molecular weight is 252 g/mol. The van der Waals surface area contributed by atoms with Gasteiger partial charge in [0.1, 0.15) is 11.4 Å². The smallest absolute Gasteiger partial charge is 0.168 e. The highest BCUT2D eigenvalue weighted by Crippen LogP contribution is 2.23. The van der Waals surface area contributed by atoms with Gasteiger partial charge < -0.3 is 4.74 Å². The van der Waals surface area contributed by atoms with Gasteiger partial charge in [-0.2, -0.15) is 0 Å². The molecule has 0 aromatic heterocycles. The van der Waals surface area contributed by atoms with Crippen LogP contribution in [0.3, 0.4) is 0 Å². The molecule has 100 valence electrons. The number of carbonyl (C=O) groups excluding carboxylic acids is 1. The summed E-state index contributed by atoms with van der Waals surface area (Å²) < 4.78 is 18.5. The summed E-state index contributed by atoms with van der Waals surface area (Å²) in [4.78, 5) is 12.4. The molecule has 0 heterocycles. The van der Waals surface area contributed by atoms with Gasteiger partial charge in [0.25, 0.3) is 0 Å². The minimum absolute atomic E-state index is 0.0703. The number of carbonyl (C=O) groups is 1. The molecule has 1 aromatic rings. The van der Waals surface area contributed by atoms with E-state index in [1.165, 1.54) is 12.1 Å². The molecule has 0 aliphatic heterocycles. The fraction of sp³-hybridized carbons (Fsp3) is 0.533. The van der Waals surface area contributed by atoms with Crippen molar-refractivity contribution in [2.45, 2.75) is 45.6 Å². The molecule has 3 heteroatoms. The van der Waals surface area contributed by atoms with Crippen LogP contribution in [0.2, 0.25) is 0 Å². The Morgan fingerprint density at radius 3 is 2.17 bits per heavy atom. The predicted octanol–water partition coefficient (Wildman–Crippen LogP) is 3.53. The summed E-state index contributed by atoms with van der Waals surface area (Å²) in [6.07, 6.45) is 1.62. The van der Waals surface area contributed by atoms with E-state index in [1.54, 1.807) is 12.1 Å². The second-order valence-electron chi connectivity index (χ2n) is 4.36. The molecule has 0 bridgehead atoms. The van der Waals surface area contributed by atoms with E-state index in [9.17, 15) is 9.18 Å². The van der Waals surface area contributed by atoms with E-state index in [0.29, 0.717) is 25.9 Å². The van der Waals surface area contributed by atoms with Gasteiger partial charge in [0, 0.05) is 13.0 Å². The third-order valence-corrected chi connectivity index (χ3v) is 3.35. The van der Waals surface area contributed by atoms with Crippen LogP contribution in [0.25, 0.3) is 0 Å². The maximum atomic E-state index is 12.8. The molecule has 0 aliphatic rings. The molecule has 0 amide bonds. The lowest BCUT2D eigenvalue weighted by molar-refractivity contribution is -0.144. The van der Waals surface area contributed by atoms with Gasteiger partial charge in [-0.25, -0.2) is 4.39 Å². The summed E-state index contributed by atoms with van der Waals surface area (Å²) in [5.74, 6) is -0.214. The van der Waals surface area contributed by atoms with Crippen LogP contribution in [-0.2, 0) is 16.0 Å². The van der Waals surface area contributed by atoms with Gasteiger partial charge in [0.05, 0.1) is 0 Å². The number of halogens is 1. The van der Waals surface area contributed by atoms with Crippen molar-refractivity contribution >= 4 is 5.78 Å². The van der Waals surface area contributed by atoms with Crippen molar-refractivity contribution in [3.8, 4) is 0 Å². The van der Waals surface area contributed by atoms with Crippen molar-refractivity contribution in [3.63, 3.8) is 0 Å². The van der Waals surface area contributed by atoms with Gasteiger partial charge in [-0.1, -0.05) is 26.0 Å². The Balaban J connectivity index is 2.81. The predicted molar refractivity (Wildman–Crippen MR) is 70.1 cm³/mol. The third kappa shape index (κ3) is 3.39. The second kappa shape index (κ2) is 6.64. The molecule has 0 atom stereocenters. The summed E-state index contributed by atoms with van der Waals surface area (Å²) in [6.45, 7) is 6.34. The van der Waals surface area contributed by atoms with Gasteiger partial charge >= 0.3 is 0 Å². The largest absolute Gasteiger partial charge is 0.368 e. The van der Waals surface area contributed by atoms with Gasteiger partial charge in [-0.15, -0.1) is 0 Å². The Kier molecular flexibility index (Phi) is 5.48. The first-order valence-corrected chi connectivity index (χ1v) is 6.49. The Labute approximate surface area is 108 Å². The molecule has 1 aromatic carbocycles. The van der Waals surface area contributed by atoms with Gasteiger partial charge in [0.2, 0.25) is 0 Å². The van der Waals surface area contributed by atoms with Crippen LogP contribution in [0.1, 0.15) is 39.2 Å². The second-order valence-corrected chi connectivity index (χ2v) is 4.36. The van der Waals surface area contributed by atoms with Crippen molar-refractivity contribution < 1.29 is 13.9 Å². The highest BCUT2D eigenvalue weighted by Gasteiger charge is 2.34. The lowest BCUT2D eigenvalue weighted by atomic mass is 9.88. The standard InChI is InChI=1S/C15H21FO2/c1-4-15(5-2,18-6-3)14(17)11-12-7-9-13(16)10-8-12/h7-10H,4-6,11H2,1-3H3.